The minimum Gasteiger partial charge on any atom is -0.400 e. The third kappa shape index (κ3) is 27.5. The van der Waals surface area contributed by atoms with Crippen LogP contribution in [0.15, 0.2) is 334 Å². The fourth-order valence-electron chi connectivity index (χ4n) is 9.60. The van der Waals surface area contributed by atoms with Crippen LogP contribution in [0.5, 0.6) is 0 Å². The summed E-state index contributed by atoms with van der Waals surface area (Å²) in [6, 6.07) is 115. The molecule has 0 unspecified atom stereocenters. The van der Waals surface area contributed by atoms with Gasteiger partial charge in [0.1, 0.15) is 0 Å². The van der Waals surface area contributed by atoms with Crippen molar-refractivity contribution in [2.24, 2.45) is 11.8 Å². The van der Waals surface area contributed by atoms with Gasteiger partial charge in [0.15, 0.2) is 0 Å². The molecule has 0 amide bonds. The number of rotatable bonds is 12. The second-order valence-corrected chi connectivity index (χ2v) is 22.1. The maximum absolute atomic E-state index is 7.00. The molecule has 0 atom stereocenters. The molecular weight excluding hydrogens is 1560 g/mol. The van der Waals surface area contributed by atoms with Crippen LogP contribution >= 0.6 is 0 Å². The Morgan fingerprint density at radius 1 is 0.245 bits per heavy atom. The zero-order valence-corrected chi connectivity index (χ0v) is 60.9. The van der Waals surface area contributed by atoms with Crippen molar-refractivity contribution in [3.05, 3.63) is 376 Å². The number of pyridine rings is 6. The zero-order valence-electron chi connectivity index (χ0n) is 56.1. The van der Waals surface area contributed by atoms with E-state index in [0.29, 0.717) is 11.8 Å². The van der Waals surface area contributed by atoms with Gasteiger partial charge in [-0.1, -0.05) is 161 Å². The first-order valence-corrected chi connectivity index (χ1v) is 31.9. The molecule has 0 fully saturated rings. The van der Waals surface area contributed by atoms with Gasteiger partial charge in [-0.3, -0.25) is 4.98 Å². The van der Waals surface area contributed by atoms with Gasteiger partial charge >= 0.3 is 40.2 Å². The number of hydrogen-bond acceptors (Lipinski definition) is 8. The van der Waals surface area contributed by atoms with Crippen molar-refractivity contribution in [1.29, 1.82) is 0 Å². The van der Waals surface area contributed by atoms with Gasteiger partial charge in [-0.25, -0.2) is 0 Å². The molecule has 0 aliphatic heterocycles. The Morgan fingerprint density at radius 3 is 0.786 bits per heavy atom. The molecule has 14 aromatic rings. The fourth-order valence-corrected chi connectivity index (χ4v) is 9.60. The van der Waals surface area contributed by atoms with E-state index in [2.05, 4.69) is 173 Å². The number of aromatic nitrogens is 6. The smallest absolute Gasteiger partial charge is 0.400 e. The van der Waals surface area contributed by atoms with Gasteiger partial charge < -0.3 is 35.1 Å². The molecule has 8 nitrogen and oxygen atoms in total. The molecule has 2 N–H and O–H groups in total. The van der Waals surface area contributed by atoms with Crippen LogP contribution in [0.1, 0.15) is 38.8 Å². The second kappa shape index (κ2) is 46.1. The molecule has 0 spiro atoms. The van der Waals surface area contributed by atoms with Gasteiger partial charge in [-0.2, -0.15) is 0 Å². The van der Waals surface area contributed by atoms with Gasteiger partial charge in [0.05, 0.1) is 5.69 Å². The number of nitrogens with zero attached hydrogens (tertiary/aromatic N) is 6. The van der Waals surface area contributed by atoms with Crippen LogP contribution in [-0.4, -0.2) is 54.3 Å². The van der Waals surface area contributed by atoms with Crippen molar-refractivity contribution in [2.45, 2.75) is 40.5 Å². The van der Waals surface area contributed by atoms with Crippen LogP contribution in [0.3, 0.4) is 0 Å². The summed E-state index contributed by atoms with van der Waals surface area (Å²) in [6.45, 7) is 9.00. The Morgan fingerprint density at radius 2 is 0.510 bits per heavy atom. The fraction of sp³-hybridized carbons (Fsp3) is 0.114. The van der Waals surface area contributed by atoms with Crippen molar-refractivity contribution in [2.75, 3.05) is 14.2 Å². The average molecular weight is 1640 g/mol. The summed E-state index contributed by atoms with van der Waals surface area (Å²) in [6.07, 6.45) is 13.2. The summed E-state index contributed by atoms with van der Waals surface area (Å²) in [7, 11) is 2.00. The summed E-state index contributed by atoms with van der Waals surface area (Å²) in [5, 5.41) is 14.0. The van der Waals surface area contributed by atoms with Crippen LogP contribution < -0.4 is 0 Å². The van der Waals surface area contributed by atoms with E-state index in [-0.39, 0.29) is 40.2 Å². The predicted octanol–water partition coefficient (Wildman–Crippen LogP) is 20.4. The van der Waals surface area contributed by atoms with Crippen molar-refractivity contribution in [1.82, 2.24) is 29.9 Å². The largest absolute Gasteiger partial charge is 3.00 e. The maximum atomic E-state index is 7.00. The van der Waals surface area contributed by atoms with Crippen LogP contribution in [0.25, 0.3) is 89.8 Å². The molecule has 0 aliphatic carbocycles. The Bertz CT molecular complexity index is 3690. The minimum absolute atomic E-state index is 0. The zero-order chi connectivity index (χ0) is 67.6. The molecule has 0 aliphatic rings. The molecule has 0 saturated heterocycles. The number of hydrogen-bond donors (Lipinski definition) is 2. The number of benzene rings is 8. The molecular formula is C88H81Ir2N6O2+. The summed E-state index contributed by atoms with van der Waals surface area (Å²) in [5.41, 5.74) is 19.9. The molecule has 98 heavy (non-hydrogen) atoms. The van der Waals surface area contributed by atoms with E-state index in [1.54, 1.807) is 24.8 Å². The summed E-state index contributed by atoms with van der Waals surface area (Å²) in [4.78, 5) is 25.8. The van der Waals surface area contributed by atoms with Gasteiger partial charge in [0.2, 0.25) is 0 Å². The van der Waals surface area contributed by atoms with Crippen molar-refractivity contribution in [3.8, 4) is 89.8 Å². The van der Waals surface area contributed by atoms with Gasteiger partial charge in [0, 0.05) is 57.0 Å². The summed E-state index contributed by atoms with van der Waals surface area (Å²) in [5.74, 6) is 1.38. The van der Waals surface area contributed by atoms with E-state index < -0.39 is 0 Å². The Hall–Kier alpha value is -10.1. The van der Waals surface area contributed by atoms with Crippen LogP contribution in [-0.2, 0) is 53.1 Å². The first kappa shape index (κ1) is 78.6. The quantitative estimate of drug-likeness (QED) is 0.116. The molecule has 10 heteroatoms. The van der Waals surface area contributed by atoms with Crippen molar-refractivity contribution in [3.63, 3.8) is 0 Å². The molecule has 14 rings (SSSR count). The Balaban J connectivity index is 0.000000214. The average Bonchev–Trinajstić information content (AvgIpc) is 1.37. The van der Waals surface area contributed by atoms with Crippen molar-refractivity contribution < 1.29 is 50.4 Å². The molecule has 8 aromatic carbocycles. The number of aliphatic hydroxyl groups is 2. The third-order valence-corrected chi connectivity index (χ3v) is 14.0. The van der Waals surface area contributed by atoms with Crippen molar-refractivity contribution >= 4 is 0 Å². The summed E-state index contributed by atoms with van der Waals surface area (Å²) < 4.78 is 0. The number of aliphatic hydroxyl groups excluding tert-OH is 2. The van der Waals surface area contributed by atoms with Crippen LogP contribution in [0, 0.1) is 42.2 Å². The molecule has 0 bridgehead atoms. The molecule has 6 heterocycles. The topological polar surface area (TPSA) is 118 Å². The SMILES string of the molecule is CC(C)Cc1ccc(-c2ccnc(-c3[c-]cccc3)c2)cc1.CC(C)Cc1ccc(-c2ccnc(-c3ccccc3)c2)cc1.CO.CO.[Ir+3].[Ir+3].[c-]1ccccc1-c1ccccn1.[c-]1ccccc1-c1ccccn1.[c-]1ccccc1-c1ccccn1.[c-]1ccccc1-c1ccccn1. The van der Waals surface area contributed by atoms with E-state index in [0.717, 1.165) is 94.6 Å². The molecule has 492 valence electrons. The van der Waals surface area contributed by atoms with E-state index in [1.165, 1.54) is 33.4 Å². The Kier molecular flexibility index (Phi) is 37.0. The van der Waals surface area contributed by atoms with Crippen LogP contribution in [0.2, 0.25) is 0 Å². The van der Waals surface area contributed by atoms with E-state index in [1.807, 2.05) is 225 Å². The van der Waals surface area contributed by atoms with E-state index in [4.69, 9.17) is 10.2 Å². The first-order valence-electron chi connectivity index (χ1n) is 31.9. The molecule has 0 saturated carbocycles. The second-order valence-electron chi connectivity index (χ2n) is 22.1. The molecule has 0 radical (unpaired) electrons. The minimum atomic E-state index is 0. The standard InChI is InChI=1S/C21H21N.C21H20N.4C11H8N.2CH4O.2Ir/c2*1-16(2)14-17-8-10-18(11-9-17)20-12-13-22-21(15-20)19-6-4-3-5-7-19;4*1-2-6-10(7-3-1)11-8-4-5-9-12-11;2*1-2;;/h3-13,15-16H,14H2,1-2H3;3-6,8-13,15-16H,14H2,1-2H3;4*1-6,8-9H;2*2H,1H3;;/q;5*-1;;;2*+3. The van der Waals surface area contributed by atoms with Crippen LogP contribution in [0.4, 0.5) is 0 Å². The van der Waals surface area contributed by atoms with Gasteiger partial charge in [0.25, 0.3) is 0 Å². The summed E-state index contributed by atoms with van der Waals surface area (Å²) >= 11 is 0. The molecule has 6 aromatic heterocycles. The maximum Gasteiger partial charge on any atom is 3.00 e. The third-order valence-electron chi connectivity index (χ3n) is 14.0. The Labute approximate surface area is 608 Å². The van der Waals surface area contributed by atoms with Gasteiger partial charge in [-0.15, -0.1) is 179 Å². The first-order chi connectivity index (χ1) is 47.3. The van der Waals surface area contributed by atoms with Gasteiger partial charge in [-0.05, 0) is 129 Å². The normalized spacial score (nSPS) is 9.73. The van der Waals surface area contributed by atoms with E-state index in [9.17, 15) is 0 Å². The van der Waals surface area contributed by atoms with E-state index >= 15 is 0 Å². The monoisotopic (exact) mass is 1640 g/mol. The predicted molar refractivity (Wildman–Crippen MR) is 396 cm³/mol.